The maximum atomic E-state index is 13.8. The molecular formula is C21H17FN2O3. The number of nitriles is 1. The molecule has 3 aromatic rings. The molecule has 0 atom stereocenters. The van der Waals surface area contributed by atoms with Crippen LogP contribution in [-0.4, -0.2) is 12.1 Å². The lowest BCUT2D eigenvalue weighted by Crippen LogP contribution is -2.12. The Morgan fingerprint density at radius 3 is 2.63 bits per heavy atom. The van der Waals surface area contributed by atoms with Gasteiger partial charge in [0, 0.05) is 16.8 Å². The van der Waals surface area contributed by atoms with E-state index in [4.69, 9.17) is 9.47 Å². The van der Waals surface area contributed by atoms with E-state index in [1.54, 1.807) is 49.4 Å². The highest BCUT2D eigenvalue weighted by atomic mass is 19.1. The standard InChI is InChI=1S/C21H17FN2O3/c1-13-9-16(17(11-23)21(25)24-13)14-7-8-19(26-2)20(10-14)27-12-15-5-3-4-6-18(15)22/h3-10H,12H2,1-2H3,(H,24,25). The molecule has 0 saturated carbocycles. The number of halogens is 1. The summed E-state index contributed by atoms with van der Waals surface area (Å²) in [6.45, 7) is 1.76. The zero-order valence-corrected chi connectivity index (χ0v) is 14.9. The Hall–Kier alpha value is -3.59. The third kappa shape index (κ3) is 3.82. The van der Waals surface area contributed by atoms with Gasteiger partial charge < -0.3 is 14.5 Å². The van der Waals surface area contributed by atoms with E-state index in [1.165, 1.54) is 13.2 Å². The van der Waals surface area contributed by atoms with Crippen molar-refractivity contribution in [3.8, 4) is 28.7 Å². The lowest BCUT2D eigenvalue weighted by atomic mass is 10.0. The van der Waals surface area contributed by atoms with E-state index in [9.17, 15) is 14.4 Å². The Balaban J connectivity index is 2.01. The summed E-state index contributed by atoms with van der Waals surface area (Å²) >= 11 is 0. The number of aromatic amines is 1. The third-order valence-electron chi connectivity index (χ3n) is 4.10. The molecule has 0 radical (unpaired) electrons. The summed E-state index contributed by atoms with van der Waals surface area (Å²) in [4.78, 5) is 14.7. The van der Waals surface area contributed by atoms with Crippen molar-refractivity contribution in [1.29, 1.82) is 5.26 Å². The number of aryl methyl sites for hydroxylation is 1. The van der Waals surface area contributed by atoms with Crippen LogP contribution in [0.15, 0.2) is 53.3 Å². The van der Waals surface area contributed by atoms with E-state index < -0.39 is 5.56 Å². The predicted octanol–water partition coefficient (Wildman–Crippen LogP) is 3.95. The van der Waals surface area contributed by atoms with E-state index in [2.05, 4.69) is 4.98 Å². The number of benzene rings is 2. The highest BCUT2D eigenvalue weighted by Gasteiger charge is 2.14. The van der Waals surface area contributed by atoms with Crippen LogP contribution in [0.1, 0.15) is 16.8 Å². The van der Waals surface area contributed by atoms with Crippen LogP contribution in [0.25, 0.3) is 11.1 Å². The average molecular weight is 364 g/mol. The van der Waals surface area contributed by atoms with Crippen LogP contribution in [0.5, 0.6) is 11.5 Å². The molecule has 1 heterocycles. The minimum atomic E-state index is -0.447. The summed E-state index contributed by atoms with van der Waals surface area (Å²) in [5.74, 6) is 0.500. The van der Waals surface area contributed by atoms with Crippen molar-refractivity contribution in [1.82, 2.24) is 4.98 Å². The van der Waals surface area contributed by atoms with Gasteiger partial charge in [0.15, 0.2) is 11.5 Å². The van der Waals surface area contributed by atoms with Crippen molar-refractivity contribution < 1.29 is 13.9 Å². The van der Waals surface area contributed by atoms with Gasteiger partial charge in [-0.05, 0) is 36.8 Å². The molecular weight excluding hydrogens is 347 g/mol. The van der Waals surface area contributed by atoms with Crippen LogP contribution in [-0.2, 0) is 6.61 Å². The van der Waals surface area contributed by atoms with Gasteiger partial charge in [0.1, 0.15) is 24.1 Å². The number of nitrogens with zero attached hydrogens (tertiary/aromatic N) is 1. The third-order valence-corrected chi connectivity index (χ3v) is 4.10. The fourth-order valence-corrected chi connectivity index (χ4v) is 2.76. The number of pyridine rings is 1. The molecule has 0 bridgehead atoms. The minimum absolute atomic E-state index is 0.0193. The lowest BCUT2D eigenvalue weighted by Gasteiger charge is -2.13. The molecule has 2 aromatic carbocycles. The fraction of sp³-hybridized carbons (Fsp3) is 0.143. The van der Waals surface area contributed by atoms with Crippen molar-refractivity contribution in [2.75, 3.05) is 7.11 Å². The first-order valence-electron chi connectivity index (χ1n) is 8.22. The summed E-state index contributed by atoms with van der Waals surface area (Å²) in [6, 6.07) is 15.1. The quantitative estimate of drug-likeness (QED) is 0.744. The molecule has 5 nitrogen and oxygen atoms in total. The van der Waals surface area contributed by atoms with E-state index in [0.29, 0.717) is 33.9 Å². The van der Waals surface area contributed by atoms with Crippen molar-refractivity contribution >= 4 is 0 Å². The summed E-state index contributed by atoms with van der Waals surface area (Å²) in [5, 5.41) is 9.34. The van der Waals surface area contributed by atoms with Crippen LogP contribution in [0.4, 0.5) is 4.39 Å². The first kappa shape index (κ1) is 18.2. The van der Waals surface area contributed by atoms with Gasteiger partial charge >= 0.3 is 0 Å². The maximum Gasteiger partial charge on any atom is 0.266 e. The topological polar surface area (TPSA) is 75.1 Å². The maximum absolute atomic E-state index is 13.8. The zero-order valence-electron chi connectivity index (χ0n) is 14.9. The highest BCUT2D eigenvalue weighted by molar-refractivity contribution is 5.72. The zero-order chi connectivity index (χ0) is 19.4. The van der Waals surface area contributed by atoms with Crippen molar-refractivity contribution in [3.63, 3.8) is 0 Å². The van der Waals surface area contributed by atoms with Crippen molar-refractivity contribution in [2.45, 2.75) is 13.5 Å². The number of hydrogen-bond donors (Lipinski definition) is 1. The molecule has 0 unspecified atom stereocenters. The predicted molar refractivity (Wildman–Crippen MR) is 99.2 cm³/mol. The Bertz CT molecular complexity index is 1080. The van der Waals surface area contributed by atoms with Crippen LogP contribution < -0.4 is 15.0 Å². The second kappa shape index (κ2) is 7.75. The van der Waals surface area contributed by atoms with Crippen LogP contribution in [0.3, 0.4) is 0 Å². The molecule has 0 fully saturated rings. The van der Waals surface area contributed by atoms with Crippen LogP contribution >= 0.6 is 0 Å². The molecule has 1 aromatic heterocycles. The molecule has 0 aliphatic rings. The summed E-state index contributed by atoms with van der Waals surface area (Å²) in [7, 11) is 1.50. The van der Waals surface area contributed by atoms with Gasteiger partial charge in [0.05, 0.1) is 7.11 Å². The van der Waals surface area contributed by atoms with Gasteiger partial charge in [0.2, 0.25) is 0 Å². The number of rotatable bonds is 5. The van der Waals surface area contributed by atoms with Crippen molar-refractivity contribution in [2.24, 2.45) is 0 Å². The van der Waals surface area contributed by atoms with E-state index in [1.807, 2.05) is 6.07 Å². The molecule has 6 heteroatoms. The molecule has 0 amide bonds. The molecule has 3 rings (SSSR count). The number of aromatic nitrogens is 1. The number of nitrogens with one attached hydrogen (secondary N) is 1. The highest BCUT2D eigenvalue weighted by Crippen LogP contribution is 2.34. The van der Waals surface area contributed by atoms with Gasteiger partial charge in [-0.15, -0.1) is 0 Å². The average Bonchev–Trinajstić information content (AvgIpc) is 2.66. The largest absolute Gasteiger partial charge is 0.493 e. The smallest absolute Gasteiger partial charge is 0.266 e. The molecule has 0 saturated heterocycles. The van der Waals surface area contributed by atoms with Gasteiger partial charge in [0.25, 0.3) is 5.56 Å². The Kier molecular flexibility index (Phi) is 5.23. The van der Waals surface area contributed by atoms with Gasteiger partial charge in [-0.2, -0.15) is 5.26 Å². The fourth-order valence-electron chi connectivity index (χ4n) is 2.76. The van der Waals surface area contributed by atoms with Gasteiger partial charge in [-0.3, -0.25) is 4.79 Å². The SMILES string of the molecule is COc1ccc(-c2cc(C)[nH]c(=O)c2C#N)cc1OCc1ccccc1F. The summed E-state index contributed by atoms with van der Waals surface area (Å²) < 4.78 is 24.9. The van der Waals surface area contributed by atoms with E-state index >= 15 is 0 Å². The Morgan fingerprint density at radius 1 is 1.15 bits per heavy atom. The number of ether oxygens (including phenoxy) is 2. The summed E-state index contributed by atoms with van der Waals surface area (Å²) in [6.07, 6.45) is 0. The summed E-state index contributed by atoms with van der Waals surface area (Å²) in [5.41, 5.74) is 1.75. The van der Waals surface area contributed by atoms with Gasteiger partial charge in [-0.1, -0.05) is 24.3 Å². The normalized spacial score (nSPS) is 10.3. The first-order valence-corrected chi connectivity index (χ1v) is 8.22. The number of H-pyrrole nitrogens is 1. The first-order chi connectivity index (χ1) is 13.0. The minimum Gasteiger partial charge on any atom is -0.493 e. The van der Waals surface area contributed by atoms with E-state index in [-0.39, 0.29) is 18.0 Å². The van der Waals surface area contributed by atoms with Crippen LogP contribution in [0, 0.1) is 24.1 Å². The monoisotopic (exact) mass is 364 g/mol. The molecule has 1 N–H and O–H groups in total. The number of hydrogen-bond acceptors (Lipinski definition) is 4. The molecule has 27 heavy (non-hydrogen) atoms. The molecule has 0 aliphatic carbocycles. The number of methoxy groups -OCH3 is 1. The second-order valence-electron chi connectivity index (χ2n) is 5.93. The molecule has 0 aliphatic heterocycles. The van der Waals surface area contributed by atoms with Crippen LogP contribution in [0.2, 0.25) is 0 Å². The molecule has 0 spiro atoms. The Labute approximate surface area is 155 Å². The Morgan fingerprint density at radius 2 is 1.93 bits per heavy atom. The lowest BCUT2D eigenvalue weighted by molar-refractivity contribution is 0.280. The van der Waals surface area contributed by atoms with Gasteiger partial charge in [-0.25, -0.2) is 4.39 Å². The second-order valence-corrected chi connectivity index (χ2v) is 5.93. The van der Waals surface area contributed by atoms with Crippen molar-refractivity contribution in [3.05, 3.63) is 81.5 Å². The van der Waals surface area contributed by atoms with E-state index in [0.717, 1.165) is 0 Å². The molecule has 136 valence electrons.